The van der Waals surface area contributed by atoms with Gasteiger partial charge >= 0.3 is 5.76 Å². The van der Waals surface area contributed by atoms with Crippen LogP contribution in [0.2, 0.25) is 5.02 Å². The van der Waals surface area contributed by atoms with Crippen molar-refractivity contribution in [2.24, 2.45) is 0 Å². The second-order valence-corrected chi connectivity index (χ2v) is 5.93. The molecule has 0 aliphatic carbocycles. The van der Waals surface area contributed by atoms with Crippen LogP contribution >= 0.6 is 11.6 Å². The van der Waals surface area contributed by atoms with E-state index in [0.29, 0.717) is 21.9 Å². The van der Waals surface area contributed by atoms with Crippen LogP contribution in [0.3, 0.4) is 0 Å². The smallest absolute Gasteiger partial charge is 0.408 e. The maximum Gasteiger partial charge on any atom is 0.420 e. The highest BCUT2D eigenvalue weighted by Crippen LogP contribution is 2.19. The molecule has 0 radical (unpaired) electrons. The summed E-state index contributed by atoms with van der Waals surface area (Å²) in [5.41, 5.74) is 7.58. The van der Waals surface area contributed by atoms with Crippen molar-refractivity contribution in [3.63, 3.8) is 0 Å². The van der Waals surface area contributed by atoms with Crippen LogP contribution in [0.15, 0.2) is 57.7 Å². The topological polar surface area (TPSA) is 112 Å². The van der Waals surface area contributed by atoms with Gasteiger partial charge in [-0.2, -0.15) is 15.0 Å². The molecule has 9 heteroatoms. The van der Waals surface area contributed by atoms with E-state index < -0.39 is 5.76 Å². The number of aromatic nitrogens is 4. The van der Waals surface area contributed by atoms with Crippen molar-refractivity contribution < 1.29 is 4.42 Å². The van der Waals surface area contributed by atoms with Crippen LogP contribution in [0.25, 0.3) is 11.1 Å². The lowest BCUT2D eigenvalue weighted by Gasteiger charge is -2.07. The number of nitrogen functional groups attached to an aromatic ring is 1. The van der Waals surface area contributed by atoms with E-state index in [1.54, 1.807) is 18.2 Å². The van der Waals surface area contributed by atoms with Crippen LogP contribution in [-0.4, -0.2) is 19.5 Å². The molecule has 2 aromatic heterocycles. The summed E-state index contributed by atoms with van der Waals surface area (Å²) in [6.45, 7) is 0.0718. The molecule has 0 atom stereocenters. The van der Waals surface area contributed by atoms with E-state index in [2.05, 4.69) is 20.3 Å². The van der Waals surface area contributed by atoms with Gasteiger partial charge in [0, 0.05) is 10.7 Å². The molecular weight excluding hydrogens is 356 g/mol. The first-order valence-corrected chi connectivity index (χ1v) is 8.08. The number of rotatable bonds is 4. The molecule has 3 N–H and O–H groups in total. The van der Waals surface area contributed by atoms with Gasteiger partial charge in [-0.15, -0.1) is 0 Å². The summed E-state index contributed by atoms with van der Waals surface area (Å²) in [4.78, 5) is 24.6. The molecule has 2 aromatic carbocycles. The Morgan fingerprint density at radius 1 is 1.12 bits per heavy atom. The average molecular weight is 369 g/mol. The van der Waals surface area contributed by atoms with Gasteiger partial charge in [0.2, 0.25) is 11.9 Å². The van der Waals surface area contributed by atoms with E-state index >= 15 is 0 Å². The average Bonchev–Trinajstić information content (AvgIpc) is 2.90. The van der Waals surface area contributed by atoms with E-state index in [0.717, 1.165) is 5.69 Å². The summed E-state index contributed by atoms with van der Waals surface area (Å²) >= 11 is 6.02. The number of benzene rings is 2. The van der Waals surface area contributed by atoms with Crippen molar-refractivity contribution in [2.45, 2.75) is 6.54 Å². The molecule has 8 nitrogen and oxygen atoms in total. The van der Waals surface area contributed by atoms with Gasteiger partial charge in [-0.3, -0.25) is 4.57 Å². The highest BCUT2D eigenvalue weighted by molar-refractivity contribution is 6.31. The molecular formula is C17H13ClN6O2. The van der Waals surface area contributed by atoms with Crippen LogP contribution in [0.5, 0.6) is 0 Å². The van der Waals surface area contributed by atoms with Crippen molar-refractivity contribution >= 4 is 40.3 Å². The fraction of sp³-hybridized carbons (Fsp3) is 0.0588. The molecule has 0 unspecified atom stereocenters. The van der Waals surface area contributed by atoms with Crippen LogP contribution in [0, 0.1) is 0 Å². The Hall–Kier alpha value is -3.39. The Bertz CT molecular complexity index is 1140. The van der Waals surface area contributed by atoms with Crippen LogP contribution in [0.4, 0.5) is 17.6 Å². The van der Waals surface area contributed by atoms with Gasteiger partial charge in [-0.1, -0.05) is 29.8 Å². The third-order valence-electron chi connectivity index (χ3n) is 3.66. The number of nitrogens with one attached hydrogen (secondary N) is 1. The van der Waals surface area contributed by atoms with E-state index in [-0.39, 0.29) is 18.4 Å². The lowest BCUT2D eigenvalue weighted by Crippen LogP contribution is -2.18. The predicted octanol–water partition coefficient (Wildman–Crippen LogP) is 2.81. The van der Waals surface area contributed by atoms with Gasteiger partial charge in [0.15, 0.2) is 11.4 Å². The van der Waals surface area contributed by atoms with Gasteiger partial charge in [0.1, 0.15) is 0 Å². The molecule has 0 spiro atoms. The molecule has 0 saturated heterocycles. The Kier molecular flexibility index (Phi) is 4.02. The van der Waals surface area contributed by atoms with Crippen molar-refractivity contribution in [2.75, 3.05) is 11.1 Å². The largest absolute Gasteiger partial charge is 0.420 e. The quantitative estimate of drug-likeness (QED) is 0.569. The number of oxazole rings is 1. The Labute approximate surface area is 152 Å². The van der Waals surface area contributed by atoms with Crippen molar-refractivity contribution in [1.29, 1.82) is 0 Å². The number of hydrogen-bond acceptors (Lipinski definition) is 7. The van der Waals surface area contributed by atoms with Crippen LogP contribution in [-0.2, 0) is 6.54 Å². The zero-order chi connectivity index (χ0) is 18.1. The minimum Gasteiger partial charge on any atom is -0.408 e. The number of nitrogens with zero attached hydrogens (tertiary/aromatic N) is 4. The summed E-state index contributed by atoms with van der Waals surface area (Å²) in [5.74, 6) is 0.129. The van der Waals surface area contributed by atoms with E-state index in [1.807, 2.05) is 30.3 Å². The maximum absolute atomic E-state index is 12.2. The minimum absolute atomic E-state index is 0.0484. The summed E-state index contributed by atoms with van der Waals surface area (Å²) in [7, 11) is 0. The number of halogens is 1. The fourth-order valence-corrected chi connectivity index (χ4v) is 2.71. The van der Waals surface area contributed by atoms with Gasteiger partial charge in [0.25, 0.3) is 0 Å². The zero-order valence-corrected chi connectivity index (χ0v) is 14.1. The molecule has 0 aliphatic heterocycles. The van der Waals surface area contributed by atoms with Gasteiger partial charge in [-0.05, 0) is 30.3 Å². The Morgan fingerprint density at radius 2 is 1.92 bits per heavy atom. The molecule has 0 amide bonds. The standard InChI is InChI=1S/C17H13ClN6O2/c18-10-6-7-13-12(8-10)24(17(25)26-13)9-14-21-15(19)23-16(22-14)20-11-4-2-1-3-5-11/h1-8H,9H2,(H3,19,20,21,22,23). The van der Waals surface area contributed by atoms with E-state index in [9.17, 15) is 4.79 Å². The van der Waals surface area contributed by atoms with Gasteiger partial charge < -0.3 is 15.5 Å². The van der Waals surface area contributed by atoms with Crippen LogP contribution in [0.1, 0.15) is 5.82 Å². The number of nitrogens with two attached hydrogens (primary N) is 1. The second-order valence-electron chi connectivity index (χ2n) is 5.49. The Morgan fingerprint density at radius 3 is 2.73 bits per heavy atom. The molecule has 0 bridgehead atoms. The van der Waals surface area contributed by atoms with Gasteiger partial charge in [-0.25, -0.2) is 4.79 Å². The molecule has 26 heavy (non-hydrogen) atoms. The normalized spacial score (nSPS) is 11.0. The zero-order valence-electron chi connectivity index (χ0n) is 13.4. The predicted molar refractivity (Wildman–Crippen MR) is 98.6 cm³/mol. The molecule has 4 rings (SSSR count). The maximum atomic E-state index is 12.2. The SMILES string of the molecule is Nc1nc(Cn2c(=O)oc3ccc(Cl)cc32)nc(Nc2ccccc2)n1. The lowest BCUT2D eigenvalue weighted by molar-refractivity contribution is 0.514. The highest BCUT2D eigenvalue weighted by atomic mass is 35.5. The molecule has 4 aromatic rings. The van der Waals surface area contributed by atoms with Crippen molar-refractivity contribution in [3.05, 3.63) is 69.9 Å². The first kappa shape index (κ1) is 16.1. The van der Waals surface area contributed by atoms with Crippen LogP contribution < -0.4 is 16.8 Å². The summed E-state index contributed by atoms with van der Waals surface area (Å²) in [6, 6.07) is 14.4. The fourth-order valence-electron chi connectivity index (χ4n) is 2.54. The molecule has 130 valence electrons. The Balaban J connectivity index is 1.70. The van der Waals surface area contributed by atoms with E-state index in [4.69, 9.17) is 21.8 Å². The summed E-state index contributed by atoms with van der Waals surface area (Å²) in [6.07, 6.45) is 0. The third-order valence-corrected chi connectivity index (χ3v) is 3.89. The third kappa shape index (κ3) is 3.22. The molecule has 0 aliphatic rings. The lowest BCUT2D eigenvalue weighted by atomic mass is 10.3. The molecule has 2 heterocycles. The van der Waals surface area contributed by atoms with Gasteiger partial charge in [0.05, 0.1) is 12.1 Å². The van der Waals surface area contributed by atoms with Crippen molar-refractivity contribution in [1.82, 2.24) is 19.5 Å². The summed E-state index contributed by atoms with van der Waals surface area (Å²) < 4.78 is 6.60. The molecule has 0 saturated carbocycles. The number of fused-ring (bicyclic) bond motifs is 1. The summed E-state index contributed by atoms with van der Waals surface area (Å²) in [5, 5.41) is 3.55. The second kappa shape index (κ2) is 6.49. The monoisotopic (exact) mass is 368 g/mol. The number of anilines is 3. The first-order chi connectivity index (χ1) is 12.6. The van der Waals surface area contributed by atoms with E-state index in [1.165, 1.54) is 4.57 Å². The number of hydrogen-bond donors (Lipinski definition) is 2. The molecule has 0 fully saturated rings. The number of para-hydroxylation sites is 1. The first-order valence-electron chi connectivity index (χ1n) is 7.70. The minimum atomic E-state index is -0.529. The highest BCUT2D eigenvalue weighted by Gasteiger charge is 2.13. The van der Waals surface area contributed by atoms with Crippen molar-refractivity contribution in [3.8, 4) is 0 Å².